The normalized spacial score (nSPS) is 20.0. The first-order chi connectivity index (χ1) is 19.5. The maximum Gasteiger partial charge on any atom is 0.306 e. The Hall–Kier alpha value is -4.29. The first kappa shape index (κ1) is 35.7. The van der Waals surface area contributed by atoms with Crippen LogP contribution in [0.2, 0.25) is 0 Å². The Morgan fingerprint density at radius 2 is 1.00 bits per heavy atom. The molecule has 13 heteroatoms. The van der Waals surface area contributed by atoms with Crippen molar-refractivity contribution < 1.29 is 59.1 Å². The summed E-state index contributed by atoms with van der Waals surface area (Å²) in [6.07, 6.45) is -1.26. The lowest BCUT2D eigenvalue weighted by atomic mass is 9.80. The van der Waals surface area contributed by atoms with Crippen LogP contribution in [0.5, 0.6) is 0 Å². The van der Waals surface area contributed by atoms with Gasteiger partial charge >= 0.3 is 29.8 Å². The Kier molecular flexibility index (Phi) is 13.8. The monoisotopic (exact) mass is 593 g/mol. The van der Waals surface area contributed by atoms with E-state index < -0.39 is 72.3 Å². The van der Waals surface area contributed by atoms with Gasteiger partial charge in [-0.1, -0.05) is 45.9 Å². The van der Waals surface area contributed by atoms with E-state index in [1.165, 1.54) is 11.8 Å². The Morgan fingerprint density at radius 1 is 0.643 bits per heavy atom. The minimum absolute atomic E-state index is 0.0984. The molecule has 0 spiro atoms. The molecular weight excluding hydrogens is 554 g/mol. The maximum absolute atomic E-state index is 11.8. The molecule has 5 N–H and O–H groups in total. The van der Waals surface area contributed by atoms with Crippen molar-refractivity contribution >= 4 is 47.3 Å². The summed E-state index contributed by atoms with van der Waals surface area (Å²) in [7, 11) is 0. The van der Waals surface area contributed by atoms with Gasteiger partial charge in [-0.3, -0.25) is 38.5 Å². The minimum atomic E-state index is -1.40. The maximum atomic E-state index is 11.8. The van der Waals surface area contributed by atoms with Crippen molar-refractivity contribution in [3.63, 3.8) is 0 Å². The van der Waals surface area contributed by atoms with Crippen molar-refractivity contribution in [2.45, 2.75) is 59.8 Å². The van der Waals surface area contributed by atoms with Crippen molar-refractivity contribution in [1.82, 2.24) is 0 Å². The highest BCUT2D eigenvalue weighted by Gasteiger charge is 2.43. The van der Waals surface area contributed by atoms with E-state index in [0.717, 1.165) is 0 Å². The summed E-state index contributed by atoms with van der Waals surface area (Å²) in [6.45, 7) is 6.47. The topological polar surface area (TPSA) is 224 Å². The van der Waals surface area contributed by atoms with Crippen LogP contribution in [-0.4, -0.2) is 67.2 Å². The van der Waals surface area contributed by atoms with Crippen LogP contribution < -0.4 is 4.90 Å². The summed E-state index contributed by atoms with van der Waals surface area (Å²) in [5.74, 6) is -13.0. The summed E-state index contributed by atoms with van der Waals surface area (Å²) < 4.78 is 0. The van der Waals surface area contributed by atoms with E-state index in [-0.39, 0.29) is 42.9 Å². The number of amides is 2. The zero-order valence-electron chi connectivity index (χ0n) is 24.0. The number of carbonyl (C=O) groups excluding carboxylic acids is 2. The van der Waals surface area contributed by atoms with Gasteiger partial charge in [-0.2, -0.15) is 0 Å². The van der Waals surface area contributed by atoms with E-state index in [2.05, 4.69) is 0 Å². The molecule has 1 heterocycles. The van der Waals surface area contributed by atoms with Crippen molar-refractivity contribution in [3.8, 4) is 0 Å². The number of carboxylic acids is 5. The molecular formula is C29H39NO12. The Bertz CT molecular complexity index is 1130. The van der Waals surface area contributed by atoms with Crippen molar-refractivity contribution in [2.24, 2.45) is 41.4 Å². The van der Waals surface area contributed by atoms with Gasteiger partial charge in [0.05, 0.1) is 35.3 Å². The number of hydrogen-bond acceptors (Lipinski definition) is 7. The number of nitrogens with zero attached hydrogens (tertiary/aromatic N) is 1. The van der Waals surface area contributed by atoms with Gasteiger partial charge in [-0.05, 0) is 44.2 Å². The van der Waals surface area contributed by atoms with Crippen LogP contribution in [0, 0.1) is 41.4 Å². The minimum Gasteiger partial charge on any atom is -0.481 e. The first-order valence-corrected chi connectivity index (χ1v) is 13.6. The van der Waals surface area contributed by atoms with Crippen LogP contribution in [0.1, 0.15) is 59.8 Å². The Morgan fingerprint density at radius 3 is 1.33 bits per heavy atom. The van der Waals surface area contributed by atoms with Crippen molar-refractivity contribution in [2.75, 3.05) is 4.90 Å². The van der Waals surface area contributed by atoms with Crippen molar-refractivity contribution in [3.05, 3.63) is 30.3 Å². The van der Waals surface area contributed by atoms with Gasteiger partial charge < -0.3 is 25.5 Å². The second kappa shape index (κ2) is 16.2. The lowest BCUT2D eigenvalue weighted by molar-refractivity contribution is -0.149. The first-order valence-electron chi connectivity index (χ1n) is 13.6. The molecule has 2 amide bonds. The molecule has 7 atom stereocenters. The fraction of sp³-hybridized carbons (Fsp3) is 0.552. The van der Waals surface area contributed by atoms with E-state index in [9.17, 15) is 48.9 Å². The molecule has 2 rings (SSSR count). The molecule has 7 unspecified atom stereocenters. The van der Waals surface area contributed by atoms with Gasteiger partial charge in [0, 0.05) is 11.8 Å². The summed E-state index contributed by atoms with van der Waals surface area (Å²) in [5, 5.41) is 45.9. The Labute approximate surface area is 243 Å². The fourth-order valence-electron chi connectivity index (χ4n) is 4.67. The molecule has 0 bridgehead atoms. The van der Waals surface area contributed by atoms with Crippen LogP contribution >= 0.6 is 0 Å². The lowest BCUT2D eigenvalue weighted by Gasteiger charge is -2.23. The molecule has 0 aromatic heterocycles. The van der Waals surface area contributed by atoms with Crippen LogP contribution in [0.25, 0.3) is 0 Å². The zero-order chi connectivity index (χ0) is 32.3. The third kappa shape index (κ3) is 9.96. The molecule has 1 aromatic rings. The summed E-state index contributed by atoms with van der Waals surface area (Å²) in [6, 6.07) is 9.07. The summed E-state index contributed by atoms with van der Waals surface area (Å²) in [5.41, 5.74) is 0.670. The van der Waals surface area contributed by atoms with Crippen LogP contribution in [0.15, 0.2) is 30.3 Å². The largest absolute Gasteiger partial charge is 0.481 e. The number of para-hydroxylation sites is 1. The highest BCUT2D eigenvalue weighted by molar-refractivity contribution is 6.21. The van der Waals surface area contributed by atoms with E-state index in [1.54, 1.807) is 32.9 Å². The van der Waals surface area contributed by atoms with Crippen LogP contribution in [0.4, 0.5) is 5.69 Å². The van der Waals surface area contributed by atoms with E-state index >= 15 is 0 Å². The van der Waals surface area contributed by atoms with Crippen LogP contribution in [0.3, 0.4) is 0 Å². The summed E-state index contributed by atoms with van der Waals surface area (Å²) in [4.78, 5) is 81.3. The molecule has 1 aromatic carbocycles. The zero-order valence-corrected chi connectivity index (χ0v) is 24.0. The number of imide groups is 1. The quantitative estimate of drug-likeness (QED) is 0.185. The van der Waals surface area contributed by atoms with Gasteiger partial charge in [-0.15, -0.1) is 0 Å². The van der Waals surface area contributed by atoms with Gasteiger partial charge in [-0.25, -0.2) is 0 Å². The van der Waals surface area contributed by atoms with Gasteiger partial charge in [0.25, 0.3) is 0 Å². The molecule has 1 aliphatic rings. The molecule has 13 nitrogen and oxygen atoms in total. The SMILES string of the molecule is CC1C(=O)N(c2ccccc2)C(=O)C1C.CCC(CC(CC(CC(CC(C)C(=O)O)C(=O)O)C(=O)O)C(=O)O)C(=O)O. The van der Waals surface area contributed by atoms with E-state index in [4.69, 9.17) is 10.2 Å². The number of aliphatic carboxylic acids is 5. The fourth-order valence-corrected chi connectivity index (χ4v) is 4.67. The third-order valence-electron chi connectivity index (χ3n) is 7.64. The number of benzene rings is 1. The number of rotatable bonds is 15. The van der Waals surface area contributed by atoms with E-state index in [0.29, 0.717) is 5.69 Å². The predicted octanol–water partition coefficient (Wildman–Crippen LogP) is 3.31. The lowest BCUT2D eigenvalue weighted by Crippen LogP contribution is -2.30. The van der Waals surface area contributed by atoms with Gasteiger partial charge in [0.15, 0.2) is 0 Å². The Balaban J connectivity index is 0.000000488. The van der Waals surface area contributed by atoms with Gasteiger partial charge in [0.1, 0.15) is 0 Å². The highest BCUT2D eigenvalue weighted by Crippen LogP contribution is 2.31. The molecule has 0 aliphatic carbocycles. The summed E-state index contributed by atoms with van der Waals surface area (Å²) >= 11 is 0. The average Bonchev–Trinajstić information content (AvgIpc) is 3.11. The number of hydrogen-bond donors (Lipinski definition) is 5. The van der Waals surface area contributed by atoms with Gasteiger partial charge in [0.2, 0.25) is 11.8 Å². The number of carbonyl (C=O) groups is 7. The molecule has 0 saturated carbocycles. The predicted molar refractivity (Wildman–Crippen MR) is 147 cm³/mol. The molecule has 1 saturated heterocycles. The van der Waals surface area contributed by atoms with Crippen LogP contribution in [-0.2, 0) is 33.6 Å². The smallest absolute Gasteiger partial charge is 0.306 e. The molecule has 42 heavy (non-hydrogen) atoms. The van der Waals surface area contributed by atoms with Crippen molar-refractivity contribution in [1.29, 1.82) is 0 Å². The third-order valence-corrected chi connectivity index (χ3v) is 7.64. The molecule has 232 valence electrons. The molecule has 0 radical (unpaired) electrons. The number of anilines is 1. The number of carboxylic acid groups (broad SMARTS) is 5. The molecule has 1 fully saturated rings. The second-order valence-corrected chi connectivity index (χ2v) is 10.7. The van der Waals surface area contributed by atoms with E-state index in [1.807, 2.05) is 18.2 Å². The average molecular weight is 594 g/mol. The molecule has 1 aliphatic heterocycles. The highest BCUT2D eigenvalue weighted by atomic mass is 16.4. The standard InChI is InChI=1S/C17H26O10.C12H13NO2/c1-3-9(14(20)21)5-11(16(24)25)7-12(17(26)27)6-10(15(22)23)4-8(2)13(18)19;1-8-9(2)12(15)13(11(8)14)10-6-4-3-5-7-10/h8-12H,3-7H2,1-2H3,(H,18,19)(H,20,21)(H,22,23)(H,24,25)(H,26,27);3-9H,1-2H3. The second-order valence-electron chi connectivity index (χ2n) is 10.7.